The first-order valence-electron chi connectivity index (χ1n) is 10.7. The molecule has 5 nitrogen and oxygen atoms in total. The average molecular weight is 488 g/mol. The molecule has 1 fully saturated rings. The molecular formula is C27H22ClN3O2S. The van der Waals surface area contributed by atoms with E-state index in [9.17, 15) is 14.9 Å². The molecule has 1 heterocycles. The molecule has 170 valence electrons. The van der Waals surface area contributed by atoms with E-state index in [2.05, 4.69) is 5.32 Å². The number of rotatable bonds is 6. The van der Waals surface area contributed by atoms with Crippen LogP contribution in [0.2, 0.25) is 5.02 Å². The largest absolute Gasteiger partial charge is 0.347 e. The van der Waals surface area contributed by atoms with E-state index in [1.807, 2.05) is 85.8 Å². The van der Waals surface area contributed by atoms with Crippen LogP contribution in [0.1, 0.15) is 16.7 Å². The lowest BCUT2D eigenvalue weighted by molar-refractivity contribution is -0.117. The molecule has 0 spiro atoms. The predicted molar refractivity (Wildman–Crippen MR) is 136 cm³/mol. The Kier molecular flexibility index (Phi) is 7.36. The molecule has 4 rings (SSSR count). The highest BCUT2D eigenvalue weighted by molar-refractivity contribution is 8.05. The SMILES string of the molecule is Cc1ccc(N2C(=O)[C@H](Cc3ccccc3Cl)S/C2=C(\C#N)C(=O)NCc2ccccc2)cc1. The molecule has 1 atom stereocenters. The molecule has 0 aromatic heterocycles. The van der Waals surface area contributed by atoms with Crippen molar-refractivity contribution in [2.75, 3.05) is 4.90 Å². The van der Waals surface area contributed by atoms with E-state index in [0.717, 1.165) is 16.7 Å². The van der Waals surface area contributed by atoms with Crippen LogP contribution >= 0.6 is 23.4 Å². The van der Waals surface area contributed by atoms with Crippen LogP contribution in [0.3, 0.4) is 0 Å². The third kappa shape index (κ3) is 5.17. The summed E-state index contributed by atoms with van der Waals surface area (Å²) < 4.78 is 0. The molecule has 1 saturated heterocycles. The van der Waals surface area contributed by atoms with Crippen molar-refractivity contribution in [1.29, 1.82) is 5.26 Å². The average Bonchev–Trinajstić information content (AvgIpc) is 3.16. The summed E-state index contributed by atoms with van der Waals surface area (Å²) in [7, 11) is 0. The number of carbonyl (C=O) groups is 2. The molecule has 0 aliphatic carbocycles. The normalized spacial score (nSPS) is 16.8. The Morgan fingerprint density at radius 2 is 1.74 bits per heavy atom. The van der Waals surface area contributed by atoms with Gasteiger partial charge in [-0.2, -0.15) is 5.26 Å². The van der Waals surface area contributed by atoms with E-state index in [-0.39, 0.29) is 18.0 Å². The van der Waals surface area contributed by atoms with Gasteiger partial charge in [-0.15, -0.1) is 0 Å². The zero-order valence-corrected chi connectivity index (χ0v) is 20.1. The van der Waals surface area contributed by atoms with Crippen molar-refractivity contribution in [2.24, 2.45) is 0 Å². The maximum Gasteiger partial charge on any atom is 0.264 e. The van der Waals surface area contributed by atoms with Crippen LogP contribution in [0, 0.1) is 18.3 Å². The Morgan fingerprint density at radius 3 is 2.41 bits per heavy atom. The van der Waals surface area contributed by atoms with E-state index >= 15 is 0 Å². The number of thioether (sulfide) groups is 1. The number of benzene rings is 3. The van der Waals surface area contributed by atoms with Crippen molar-refractivity contribution < 1.29 is 9.59 Å². The smallest absolute Gasteiger partial charge is 0.264 e. The molecule has 0 bridgehead atoms. The summed E-state index contributed by atoms with van der Waals surface area (Å²) in [5.74, 6) is -0.704. The van der Waals surface area contributed by atoms with Crippen LogP contribution in [0.5, 0.6) is 0 Å². The number of hydrogen-bond acceptors (Lipinski definition) is 4. The Labute approximate surface area is 208 Å². The van der Waals surface area contributed by atoms with Crippen LogP contribution in [0.4, 0.5) is 5.69 Å². The van der Waals surface area contributed by atoms with Crippen LogP contribution in [0.15, 0.2) is 89.5 Å². The van der Waals surface area contributed by atoms with Crippen LogP contribution in [0.25, 0.3) is 0 Å². The topological polar surface area (TPSA) is 73.2 Å². The Bertz CT molecular complexity index is 1280. The van der Waals surface area contributed by atoms with E-state index in [1.54, 1.807) is 6.07 Å². The van der Waals surface area contributed by atoms with E-state index in [1.165, 1.54) is 16.7 Å². The fourth-order valence-electron chi connectivity index (χ4n) is 3.65. The molecule has 34 heavy (non-hydrogen) atoms. The highest BCUT2D eigenvalue weighted by atomic mass is 35.5. The molecule has 7 heteroatoms. The number of carbonyl (C=O) groups excluding carboxylic acids is 2. The number of amides is 2. The van der Waals surface area contributed by atoms with Crippen molar-refractivity contribution in [1.82, 2.24) is 5.32 Å². The summed E-state index contributed by atoms with van der Waals surface area (Å²) in [6.45, 7) is 2.24. The minimum absolute atomic E-state index is 0.0866. The van der Waals surface area contributed by atoms with Gasteiger partial charge in [-0.3, -0.25) is 14.5 Å². The van der Waals surface area contributed by atoms with Crippen LogP contribution < -0.4 is 10.2 Å². The van der Waals surface area contributed by atoms with Crippen molar-refractivity contribution in [2.45, 2.75) is 25.1 Å². The maximum absolute atomic E-state index is 13.5. The maximum atomic E-state index is 13.5. The zero-order valence-electron chi connectivity index (χ0n) is 18.5. The van der Waals surface area contributed by atoms with Gasteiger partial charge in [-0.05, 0) is 42.7 Å². The summed E-state index contributed by atoms with van der Waals surface area (Å²) in [4.78, 5) is 28.0. The molecular weight excluding hydrogens is 466 g/mol. The second-order valence-corrected chi connectivity index (χ2v) is 9.47. The number of aryl methyl sites for hydroxylation is 1. The third-order valence-corrected chi connectivity index (χ3v) is 7.09. The van der Waals surface area contributed by atoms with Gasteiger partial charge in [0, 0.05) is 17.3 Å². The lowest BCUT2D eigenvalue weighted by Gasteiger charge is -2.19. The lowest BCUT2D eigenvalue weighted by atomic mass is 10.1. The number of nitriles is 1. The molecule has 0 radical (unpaired) electrons. The Balaban J connectivity index is 1.68. The van der Waals surface area contributed by atoms with Gasteiger partial charge in [0.05, 0.1) is 5.25 Å². The van der Waals surface area contributed by atoms with Crippen molar-refractivity contribution in [3.63, 3.8) is 0 Å². The molecule has 1 aliphatic heterocycles. The van der Waals surface area contributed by atoms with Gasteiger partial charge in [-0.25, -0.2) is 0 Å². The standard InChI is InChI=1S/C27H22ClN3O2S/c1-18-11-13-21(14-12-18)31-26(33)24(15-20-9-5-6-10-23(20)28)34-27(31)22(16-29)25(32)30-17-19-7-3-2-4-8-19/h2-14,24H,15,17H2,1H3,(H,30,32)/b27-22+/t24-/m0/s1. The number of nitrogens with one attached hydrogen (secondary N) is 1. The van der Waals surface area contributed by atoms with Gasteiger partial charge in [0.1, 0.15) is 16.7 Å². The minimum atomic E-state index is -0.517. The molecule has 0 unspecified atom stereocenters. The van der Waals surface area contributed by atoms with Gasteiger partial charge in [-0.1, -0.05) is 89.6 Å². The summed E-state index contributed by atoms with van der Waals surface area (Å²) >= 11 is 7.56. The summed E-state index contributed by atoms with van der Waals surface area (Å²) in [5, 5.41) is 13.1. The van der Waals surface area contributed by atoms with Gasteiger partial charge in [0.15, 0.2) is 0 Å². The molecule has 3 aromatic carbocycles. The molecule has 2 amide bonds. The molecule has 0 saturated carbocycles. The number of hydrogen-bond donors (Lipinski definition) is 1. The van der Waals surface area contributed by atoms with Crippen LogP contribution in [-0.2, 0) is 22.6 Å². The quantitative estimate of drug-likeness (QED) is 0.373. The Hall–Kier alpha value is -3.53. The zero-order chi connectivity index (χ0) is 24.1. The summed E-state index contributed by atoms with van der Waals surface area (Å²) in [5.41, 5.74) is 3.33. The van der Waals surface area contributed by atoms with Gasteiger partial charge >= 0.3 is 0 Å². The highest BCUT2D eigenvalue weighted by Gasteiger charge is 2.41. The first-order chi connectivity index (χ1) is 16.5. The van der Waals surface area contributed by atoms with E-state index in [0.29, 0.717) is 22.2 Å². The van der Waals surface area contributed by atoms with Crippen LogP contribution in [-0.4, -0.2) is 17.1 Å². The number of nitrogens with zero attached hydrogens (tertiary/aromatic N) is 2. The second kappa shape index (κ2) is 10.6. The van der Waals surface area contributed by atoms with Gasteiger partial charge < -0.3 is 5.32 Å². The molecule has 1 N–H and O–H groups in total. The van der Waals surface area contributed by atoms with E-state index < -0.39 is 11.2 Å². The number of halogens is 1. The van der Waals surface area contributed by atoms with Crippen molar-refractivity contribution >= 4 is 40.9 Å². The fraction of sp³-hybridized carbons (Fsp3) is 0.148. The first-order valence-corrected chi connectivity index (χ1v) is 12.0. The third-order valence-electron chi connectivity index (χ3n) is 5.46. The monoisotopic (exact) mass is 487 g/mol. The highest BCUT2D eigenvalue weighted by Crippen LogP contribution is 2.42. The van der Waals surface area contributed by atoms with E-state index in [4.69, 9.17) is 11.6 Å². The minimum Gasteiger partial charge on any atom is -0.347 e. The molecule has 3 aromatic rings. The summed E-state index contributed by atoms with van der Waals surface area (Å²) in [6.07, 6.45) is 0.388. The van der Waals surface area contributed by atoms with Gasteiger partial charge in [0.25, 0.3) is 5.91 Å². The first kappa shape index (κ1) is 23.6. The second-order valence-electron chi connectivity index (χ2n) is 7.87. The summed E-state index contributed by atoms with van der Waals surface area (Å²) in [6, 6.07) is 26.3. The lowest BCUT2D eigenvalue weighted by Crippen LogP contribution is -2.32. The Morgan fingerprint density at radius 1 is 1.06 bits per heavy atom. The van der Waals surface area contributed by atoms with Gasteiger partial charge in [0.2, 0.25) is 5.91 Å². The predicted octanol–water partition coefficient (Wildman–Crippen LogP) is 5.39. The number of anilines is 1. The van der Waals surface area contributed by atoms with Crippen molar-refractivity contribution in [3.8, 4) is 6.07 Å². The molecule has 1 aliphatic rings. The van der Waals surface area contributed by atoms with Crippen molar-refractivity contribution in [3.05, 3.63) is 111 Å². The fourth-order valence-corrected chi connectivity index (χ4v) is 5.15.